The fraction of sp³-hybridized carbons (Fsp3) is 0.842. The quantitative estimate of drug-likeness (QED) is 0.374. The van der Waals surface area contributed by atoms with Crippen LogP contribution in [0.5, 0.6) is 0 Å². The molecule has 0 radical (unpaired) electrons. The maximum absolute atomic E-state index is 12.6. The van der Waals surface area contributed by atoms with Gasteiger partial charge in [0.05, 0.1) is 0 Å². The number of guanidine groups is 1. The lowest BCUT2D eigenvalue weighted by Crippen LogP contribution is -2.47. The van der Waals surface area contributed by atoms with Gasteiger partial charge in [-0.3, -0.25) is 14.6 Å². The molecule has 1 atom stereocenters. The summed E-state index contributed by atoms with van der Waals surface area (Å²) in [5, 5.41) is 9.49. The highest BCUT2D eigenvalue weighted by Crippen LogP contribution is 2.26. The molecule has 1 saturated heterocycles. The average Bonchev–Trinajstić information content (AvgIpc) is 3.12. The predicted molar refractivity (Wildman–Crippen MR) is 104 cm³/mol. The summed E-state index contributed by atoms with van der Waals surface area (Å²) in [6.07, 6.45) is 6.71. The van der Waals surface area contributed by atoms with Crippen LogP contribution >= 0.6 is 0 Å². The van der Waals surface area contributed by atoms with Crippen molar-refractivity contribution in [1.29, 1.82) is 0 Å². The van der Waals surface area contributed by atoms with E-state index in [-0.39, 0.29) is 23.8 Å². The van der Waals surface area contributed by atoms with Gasteiger partial charge in [-0.25, -0.2) is 0 Å². The Morgan fingerprint density at radius 3 is 2.42 bits per heavy atom. The molecular formula is C19H35N5O2. The first-order chi connectivity index (χ1) is 12.5. The molecule has 7 nitrogen and oxygen atoms in total. The summed E-state index contributed by atoms with van der Waals surface area (Å²) in [5.41, 5.74) is 0. The summed E-state index contributed by atoms with van der Waals surface area (Å²) < 4.78 is 0. The summed E-state index contributed by atoms with van der Waals surface area (Å²) in [4.78, 5) is 30.4. The summed E-state index contributed by atoms with van der Waals surface area (Å²) >= 11 is 0. The average molecular weight is 366 g/mol. The molecule has 2 rings (SSSR count). The Bertz CT molecular complexity index is 500. The number of nitrogens with zero attached hydrogens (tertiary/aromatic N) is 2. The van der Waals surface area contributed by atoms with Crippen molar-refractivity contribution in [2.75, 3.05) is 33.2 Å². The predicted octanol–water partition coefficient (Wildman–Crippen LogP) is 1.10. The van der Waals surface area contributed by atoms with Gasteiger partial charge in [0, 0.05) is 51.1 Å². The van der Waals surface area contributed by atoms with Crippen molar-refractivity contribution >= 4 is 17.8 Å². The molecule has 7 heteroatoms. The Balaban J connectivity index is 1.69. The van der Waals surface area contributed by atoms with Gasteiger partial charge >= 0.3 is 0 Å². The normalized spacial score (nSPS) is 21.8. The van der Waals surface area contributed by atoms with E-state index in [1.807, 2.05) is 18.7 Å². The summed E-state index contributed by atoms with van der Waals surface area (Å²) in [6, 6.07) is 0.235. The maximum Gasteiger partial charge on any atom is 0.225 e. The summed E-state index contributed by atoms with van der Waals surface area (Å²) in [5.74, 6) is 1.36. The van der Waals surface area contributed by atoms with Crippen molar-refractivity contribution < 1.29 is 9.59 Å². The van der Waals surface area contributed by atoms with Gasteiger partial charge in [0.15, 0.2) is 5.96 Å². The lowest BCUT2D eigenvalue weighted by atomic mass is 9.88. The van der Waals surface area contributed by atoms with Crippen LogP contribution in [0.4, 0.5) is 0 Å². The third-order valence-corrected chi connectivity index (χ3v) is 5.26. The number of amides is 2. The first-order valence-electron chi connectivity index (χ1n) is 10.0. The van der Waals surface area contributed by atoms with Gasteiger partial charge in [0.1, 0.15) is 0 Å². The zero-order valence-electron chi connectivity index (χ0n) is 16.5. The van der Waals surface area contributed by atoms with Crippen LogP contribution in [0.25, 0.3) is 0 Å². The Labute approximate surface area is 157 Å². The van der Waals surface area contributed by atoms with E-state index in [9.17, 15) is 9.59 Å². The van der Waals surface area contributed by atoms with Gasteiger partial charge in [0.2, 0.25) is 11.8 Å². The number of carbonyl (C=O) groups is 2. The molecule has 1 aliphatic carbocycles. The minimum atomic E-state index is -0.00129. The van der Waals surface area contributed by atoms with Crippen molar-refractivity contribution in [1.82, 2.24) is 20.9 Å². The van der Waals surface area contributed by atoms with Gasteiger partial charge < -0.3 is 20.9 Å². The van der Waals surface area contributed by atoms with E-state index in [4.69, 9.17) is 0 Å². The number of rotatable bonds is 6. The Morgan fingerprint density at radius 2 is 1.77 bits per heavy atom. The minimum Gasteiger partial charge on any atom is -0.355 e. The van der Waals surface area contributed by atoms with Crippen molar-refractivity contribution in [3.63, 3.8) is 0 Å². The van der Waals surface area contributed by atoms with Crippen LogP contribution in [-0.2, 0) is 9.59 Å². The fourth-order valence-corrected chi connectivity index (χ4v) is 3.64. The van der Waals surface area contributed by atoms with Gasteiger partial charge in [-0.05, 0) is 19.3 Å². The molecule has 3 N–H and O–H groups in total. The van der Waals surface area contributed by atoms with E-state index in [0.29, 0.717) is 19.0 Å². The number of hydrogen-bond acceptors (Lipinski definition) is 3. The second kappa shape index (κ2) is 10.4. The van der Waals surface area contributed by atoms with E-state index in [2.05, 4.69) is 20.9 Å². The van der Waals surface area contributed by atoms with Crippen molar-refractivity contribution in [2.45, 2.75) is 58.4 Å². The minimum absolute atomic E-state index is 0.00129. The molecule has 1 heterocycles. The molecular weight excluding hydrogens is 330 g/mol. The number of carbonyl (C=O) groups excluding carboxylic acids is 2. The summed E-state index contributed by atoms with van der Waals surface area (Å²) in [6.45, 7) is 6.52. The van der Waals surface area contributed by atoms with Gasteiger partial charge in [-0.15, -0.1) is 0 Å². The van der Waals surface area contributed by atoms with Crippen LogP contribution in [0.2, 0.25) is 0 Å². The second-order valence-corrected chi connectivity index (χ2v) is 7.69. The largest absolute Gasteiger partial charge is 0.355 e. The Morgan fingerprint density at radius 1 is 1.08 bits per heavy atom. The number of likely N-dealkylation sites (tertiary alicyclic amines) is 1. The molecule has 1 unspecified atom stereocenters. The molecule has 1 aliphatic heterocycles. The van der Waals surface area contributed by atoms with E-state index < -0.39 is 0 Å². The van der Waals surface area contributed by atoms with Crippen LogP contribution < -0.4 is 16.0 Å². The molecule has 0 bridgehead atoms. The molecule has 0 aromatic carbocycles. The van der Waals surface area contributed by atoms with Crippen LogP contribution in [0.15, 0.2) is 4.99 Å². The maximum atomic E-state index is 12.6. The number of nitrogens with one attached hydrogen (secondary N) is 3. The van der Waals surface area contributed by atoms with E-state index in [0.717, 1.165) is 38.3 Å². The zero-order valence-corrected chi connectivity index (χ0v) is 16.5. The van der Waals surface area contributed by atoms with Crippen molar-refractivity contribution in [3.8, 4) is 0 Å². The smallest absolute Gasteiger partial charge is 0.225 e. The molecule has 2 amide bonds. The van der Waals surface area contributed by atoms with E-state index in [1.165, 1.54) is 19.3 Å². The van der Waals surface area contributed by atoms with Crippen molar-refractivity contribution in [3.05, 3.63) is 0 Å². The highest BCUT2D eigenvalue weighted by molar-refractivity contribution is 5.81. The molecule has 0 aromatic rings. The molecule has 0 aromatic heterocycles. The van der Waals surface area contributed by atoms with Crippen molar-refractivity contribution in [2.24, 2.45) is 16.8 Å². The molecule has 2 aliphatic rings. The fourth-order valence-electron chi connectivity index (χ4n) is 3.64. The Hall–Kier alpha value is -1.79. The third kappa shape index (κ3) is 6.18. The molecule has 1 saturated carbocycles. The standard InChI is InChI=1S/C19H35N5O2/c1-14(2)17(25)21-10-11-22-19(20-3)23-16-9-12-24(13-16)18(26)15-7-5-4-6-8-15/h14-16H,4-13H2,1-3H3,(H,21,25)(H2,20,22,23). The highest BCUT2D eigenvalue weighted by Gasteiger charge is 2.31. The highest BCUT2D eigenvalue weighted by atomic mass is 16.2. The first kappa shape index (κ1) is 20.5. The van der Waals surface area contributed by atoms with Crippen LogP contribution in [-0.4, -0.2) is 61.9 Å². The second-order valence-electron chi connectivity index (χ2n) is 7.69. The lowest BCUT2D eigenvalue weighted by Gasteiger charge is -2.26. The summed E-state index contributed by atoms with van der Waals surface area (Å²) in [7, 11) is 1.74. The monoisotopic (exact) mass is 365 g/mol. The molecule has 148 valence electrons. The van der Waals surface area contributed by atoms with Crippen LogP contribution in [0.3, 0.4) is 0 Å². The Kier molecular flexibility index (Phi) is 8.19. The molecule has 2 fully saturated rings. The van der Waals surface area contributed by atoms with Gasteiger partial charge in [-0.2, -0.15) is 0 Å². The van der Waals surface area contributed by atoms with Crippen LogP contribution in [0, 0.1) is 11.8 Å². The number of aliphatic imine (C=N–C) groups is 1. The van der Waals surface area contributed by atoms with E-state index in [1.54, 1.807) is 7.05 Å². The third-order valence-electron chi connectivity index (χ3n) is 5.26. The topological polar surface area (TPSA) is 85.8 Å². The van der Waals surface area contributed by atoms with Crippen LogP contribution in [0.1, 0.15) is 52.4 Å². The first-order valence-corrected chi connectivity index (χ1v) is 10.0. The lowest BCUT2D eigenvalue weighted by molar-refractivity contribution is -0.135. The molecule has 26 heavy (non-hydrogen) atoms. The van der Waals surface area contributed by atoms with Gasteiger partial charge in [-0.1, -0.05) is 33.1 Å². The zero-order chi connectivity index (χ0) is 18.9. The van der Waals surface area contributed by atoms with E-state index >= 15 is 0 Å². The number of hydrogen-bond donors (Lipinski definition) is 3. The SMILES string of the molecule is CN=C(NCCNC(=O)C(C)C)NC1CCN(C(=O)C2CCCCC2)C1. The molecule has 0 spiro atoms. The van der Waals surface area contributed by atoms with Gasteiger partial charge in [0.25, 0.3) is 0 Å².